The molecule has 0 saturated heterocycles. The van der Waals surface area contributed by atoms with Crippen LogP contribution in [0.15, 0.2) is 41.4 Å². The molecule has 0 aliphatic heterocycles. The third kappa shape index (κ3) is 3.73. The summed E-state index contributed by atoms with van der Waals surface area (Å²) in [6, 6.07) is 11.0. The number of aromatic nitrogens is 1. The van der Waals surface area contributed by atoms with E-state index in [0.29, 0.717) is 28.4 Å². The van der Waals surface area contributed by atoms with Gasteiger partial charge in [0.1, 0.15) is 0 Å². The van der Waals surface area contributed by atoms with Crippen molar-refractivity contribution in [3.63, 3.8) is 0 Å². The monoisotopic (exact) mass is 395 g/mol. The lowest BCUT2D eigenvalue weighted by Crippen LogP contribution is -2.16. The van der Waals surface area contributed by atoms with Crippen LogP contribution in [0.3, 0.4) is 0 Å². The zero-order chi connectivity index (χ0) is 20.3. The van der Waals surface area contributed by atoms with Crippen LogP contribution in [0.1, 0.15) is 10.4 Å². The van der Waals surface area contributed by atoms with E-state index in [9.17, 15) is 4.79 Å². The first kappa shape index (κ1) is 19.5. The lowest BCUT2D eigenvalue weighted by Gasteiger charge is -2.11. The number of nitrogens with zero attached hydrogens (tertiary/aromatic N) is 3. The quantitative estimate of drug-likeness (QED) is 0.623. The molecular formula is C21H21N3O3S. The zero-order valence-electron chi connectivity index (χ0n) is 16.2. The number of hydrogen-bond acceptors (Lipinski definition) is 5. The van der Waals surface area contributed by atoms with Crippen LogP contribution in [0, 0.1) is 12.3 Å². The molecule has 0 bridgehead atoms. The number of anilines is 1. The molecule has 0 aliphatic rings. The van der Waals surface area contributed by atoms with Gasteiger partial charge in [-0.25, -0.2) is 0 Å². The van der Waals surface area contributed by atoms with Gasteiger partial charge >= 0.3 is 0 Å². The maximum atomic E-state index is 12.7. The molecule has 0 aliphatic carbocycles. The number of hydrogen-bond donors (Lipinski definition) is 0. The van der Waals surface area contributed by atoms with Crippen LogP contribution in [0.25, 0.3) is 10.2 Å². The summed E-state index contributed by atoms with van der Waals surface area (Å²) in [5, 5.41) is 0. The molecule has 0 spiro atoms. The molecule has 1 amide bonds. The summed E-state index contributed by atoms with van der Waals surface area (Å²) in [5.74, 6) is 3.51. The number of ether oxygens (including phenoxy) is 2. The zero-order valence-corrected chi connectivity index (χ0v) is 17.0. The summed E-state index contributed by atoms with van der Waals surface area (Å²) in [5.41, 5.74) is 2.38. The maximum absolute atomic E-state index is 12.7. The molecule has 0 unspecified atom stereocenters. The molecule has 3 aromatic rings. The highest BCUT2D eigenvalue weighted by Gasteiger charge is 2.13. The molecule has 1 aromatic heterocycles. The van der Waals surface area contributed by atoms with Crippen LogP contribution >= 0.6 is 11.3 Å². The van der Waals surface area contributed by atoms with Crippen molar-refractivity contribution in [2.24, 2.45) is 4.99 Å². The van der Waals surface area contributed by atoms with Crippen LogP contribution in [0.5, 0.6) is 11.5 Å². The smallest absolute Gasteiger partial charge is 0.279 e. The van der Waals surface area contributed by atoms with Gasteiger partial charge in [-0.15, -0.1) is 6.42 Å². The Hall–Kier alpha value is -3.24. The minimum absolute atomic E-state index is 0.293. The highest BCUT2D eigenvalue weighted by molar-refractivity contribution is 7.16. The lowest BCUT2D eigenvalue weighted by molar-refractivity contribution is 0.0998. The SMILES string of the molecule is C#CCn1c(=NC(=O)c2ccc(N(C)C)cc2)sc2cc(OC)c(OC)cc21. The van der Waals surface area contributed by atoms with Crippen molar-refractivity contribution >= 4 is 33.1 Å². The van der Waals surface area contributed by atoms with Crippen molar-refractivity contribution < 1.29 is 14.3 Å². The van der Waals surface area contributed by atoms with Crippen molar-refractivity contribution in [2.75, 3.05) is 33.2 Å². The number of carbonyl (C=O) groups excluding carboxylic acids is 1. The first-order valence-corrected chi connectivity index (χ1v) is 9.35. The minimum atomic E-state index is -0.318. The molecule has 7 heteroatoms. The van der Waals surface area contributed by atoms with Crippen LogP contribution < -0.4 is 19.2 Å². The number of thiazole rings is 1. The van der Waals surface area contributed by atoms with Gasteiger partial charge < -0.3 is 18.9 Å². The first-order chi connectivity index (χ1) is 13.5. The summed E-state index contributed by atoms with van der Waals surface area (Å²) >= 11 is 1.38. The van der Waals surface area contributed by atoms with Gasteiger partial charge in [-0.1, -0.05) is 17.3 Å². The highest BCUT2D eigenvalue weighted by Crippen LogP contribution is 2.33. The molecule has 0 saturated carbocycles. The van der Waals surface area contributed by atoms with E-state index in [1.807, 2.05) is 47.8 Å². The van der Waals surface area contributed by atoms with E-state index >= 15 is 0 Å². The Kier molecular flexibility index (Phi) is 5.71. The number of carbonyl (C=O) groups is 1. The number of benzene rings is 2. The first-order valence-electron chi connectivity index (χ1n) is 8.53. The second kappa shape index (κ2) is 8.19. The van der Waals surface area contributed by atoms with Crippen molar-refractivity contribution in [1.29, 1.82) is 0 Å². The summed E-state index contributed by atoms with van der Waals surface area (Å²) in [7, 11) is 7.06. The average Bonchev–Trinajstić information content (AvgIpc) is 3.03. The normalized spacial score (nSPS) is 11.3. The Morgan fingerprint density at radius 1 is 1.18 bits per heavy atom. The van der Waals surface area contributed by atoms with Crippen molar-refractivity contribution in [1.82, 2.24) is 4.57 Å². The number of terminal acetylenes is 1. The molecule has 2 aromatic carbocycles. The number of rotatable bonds is 5. The van der Waals surface area contributed by atoms with E-state index < -0.39 is 0 Å². The second-order valence-corrected chi connectivity index (χ2v) is 7.22. The lowest BCUT2D eigenvalue weighted by atomic mass is 10.2. The Bertz CT molecular complexity index is 1120. The minimum Gasteiger partial charge on any atom is -0.493 e. The Morgan fingerprint density at radius 2 is 1.82 bits per heavy atom. The van der Waals surface area contributed by atoms with Crippen molar-refractivity contribution in [3.05, 3.63) is 46.8 Å². The van der Waals surface area contributed by atoms with Gasteiger partial charge in [0.15, 0.2) is 16.3 Å². The van der Waals surface area contributed by atoms with E-state index in [2.05, 4.69) is 10.9 Å². The molecular weight excluding hydrogens is 374 g/mol. The van der Waals surface area contributed by atoms with Gasteiger partial charge in [0.25, 0.3) is 5.91 Å². The molecule has 144 valence electrons. The summed E-state index contributed by atoms with van der Waals surface area (Å²) in [6.45, 7) is 0.293. The largest absolute Gasteiger partial charge is 0.493 e. The van der Waals surface area contributed by atoms with Gasteiger partial charge in [-0.2, -0.15) is 4.99 Å². The van der Waals surface area contributed by atoms with Gasteiger partial charge in [0.2, 0.25) is 0 Å². The van der Waals surface area contributed by atoms with Gasteiger partial charge in [-0.05, 0) is 24.3 Å². The van der Waals surface area contributed by atoms with Gasteiger partial charge in [0.05, 0.1) is 31.0 Å². The van der Waals surface area contributed by atoms with Crippen LogP contribution in [0.4, 0.5) is 5.69 Å². The fraction of sp³-hybridized carbons (Fsp3) is 0.238. The van der Waals surface area contributed by atoms with E-state index in [-0.39, 0.29) is 5.91 Å². The predicted molar refractivity (Wildman–Crippen MR) is 112 cm³/mol. The Labute approximate surface area is 167 Å². The molecule has 0 N–H and O–H groups in total. The van der Waals surface area contributed by atoms with Gasteiger partial charge in [0, 0.05) is 37.5 Å². The number of methoxy groups -OCH3 is 2. The van der Waals surface area contributed by atoms with Crippen LogP contribution in [-0.2, 0) is 6.54 Å². The third-order valence-electron chi connectivity index (χ3n) is 4.27. The van der Waals surface area contributed by atoms with Gasteiger partial charge in [-0.3, -0.25) is 4.79 Å². The highest BCUT2D eigenvalue weighted by atomic mass is 32.1. The number of amides is 1. The standard InChI is InChI=1S/C21H21N3O3S/c1-6-11-24-16-12-17(26-4)18(27-5)13-19(16)28-21(24)22-20(25)14-7-9-15(10-8-14)23(2)3/h1,7-10,12-13H,11H2,2-5H3. The Morgan fingerprint density at radius 3 is 2.39 bits per heavy atom. The maximum Gasteiger partial charge on any atom is 0.279 e. The predicted octanol–water partition coefficient (Wildman–Crippen LogP) is 3.16. The fourth-order valence-electron chi connectivity index (χ4n) is 2.78. The average molecular weight is 395 g/mol. The fourth-order valence-corrected chi connectivity index (χ4v) is 3.82. The van der Waals surface area contributed by atoms with Crippen LogP contribution in [0.2, 0.25) is 0 Å². The molecule has 0 atom stereocenters. The van der Waals surface area contributed by atoms with Crippen molar-refractivity contribution in [2.45, 2.75) is 6.54 Å². The molecule has 6 nitrogen and oxygen atoms in total. The van der Waals surface area contributed by atoms with E-state index in [0.717, 1.165) is 15.9 Å². The summed E-state index contributed by atoms with van der Waals surface area (Å²) in [6.07, 6.45) is 5.54. The topological polar surface area (TPSA) is 56.1 Å². The molecule has 28 heavy (non-hydrogen) atoms. The summed E-state index contributed by atoms with van der Waals surface area (Å²) < 4.78 is 13.5. The van der Waals surface area contributed by atoms with E-state index in [1.165, 1.54) is 11.3 Å². The van der Waals surface area contributed by atoms with Crippen molar-refractivity contribution in [3.8, 4) is 23.8 Å². The molecule has 1 heterocycles. The molecule has 3 rings (SSSR count). The number of fused-ring (bicyclic) bond motifs is 1. The molecule has 0 fully saturated rings. The van der Waals surface area contributed by atoms with E-state index in [1.54, 1.807) is 26.4 Å². The van der Waals surface area contributed by atoms with Crippen LogP contribution in [-0.4, -0.2) is 38.8 Å². The molecule has 0 radical (unpaired) electrons. The third-order valence-corrected chi connectivity index (χ3v) is 5.31. The Balaban J connectivity index is 2.11. The summed E-state index contributed by atoms with van der Waals surface area (Å²) in [4.78, 5) is 19.5. The van der Waals surface area contributed by atoms with E-state index in [4.69, 9.17) is 15.9 Å². The second-order valence-electron chi connectivity index (χ2n) is 6.21.